The van der Waals surface area contributed by atoms with E-state index in [0.717, 1.165) is 37.9 Å². The molecule has 5 heteroatoms. The van der Waals surface area contributed by atoms with E-state index in [-0.39, 0.29) is 0 Å². The van der Waals surface area contributed by atoms with Gasteiger partial charge in [-0.1, -0.05) is 13.8 Å². The van der Waals surface area contributed by atoms with Crippen molar-refractivity contribution >= 4 is 16.5 Å². The zero-order valence-corrected chi connectivity index (χ0v) is 13.7. The van der Waals surface area contributed by atoms with Gasteiger partial charge in [0.1, 0.15) is 0 Å². The Kier molecular flexibility index (Phi) is 6.26. The topological polar surface area (TPSA) is 37.4 Å². The van der Waals surface area contributed by atoms with Crippen molar-refractivity contribution < 1.29 is 4.74 Å². The summed E-state index contributed by atoms with van der Waals surface area (Å²) in [5.41, 5.74) is 0. The van der Waals surface area contributed by atoms with Crippen molar-refractivity contribution in [2.75, 3.05) is 31.1 Å². The largest absolute Gasteiger partial charge is 0.376 e. The van der Waals surface area contributed by atoms with Crippen LogP contribution in [0.1, 0.15) is 38.5 Å². The van der Waals surface area contributed by atoms with Crippen molar-refractivity contribution in [3.05, 3.63) is 11.1 Å². The quantitative estimate of drug-likeness (QED) is 0.800. The first kappa shape index (κ1) is 15.7. The number of likely N-dealkylation sites (N-methyl/N-ethyl adjacent to an activating group) is 1. The molecule has 0 amide bonds. The third-order valence-electron chi connectivity index (χ3n) is 3.49. The molecule has 1 aliphatic rings. The number of ether oxygens (including phenoxy) is 1. The molecule has 0 aromatic carbocycles. The minimum atomic E-state index is 0.390. The molecule has 4 nitrogen and oxygen atoms in total. The number of aromatic nitrogens is 1. The SMILES string of the molecule is CCN(CC1CCCO1)c1ncc(CNCC(C)C)s1. The van der Waals surface area contributed by atoms with Gasteiger partial charge in [0.2, 0.25) is 0 Å². The normalized spacial score (nSPS) is 18.9. The lowest BCUT2D eigenvalue weighted by Crippen LogP contribution is -2.31. The average molecular weight is 297 g/mol. The van der Waals surface area contributed by atoms with Gasteiger partial charge in [-0.05, 0) is 32.2 Å². The molecule has 2 rings (SSSR count). The Morgan fingerprint density at radius 2 is 2.40 bits per heavy atom. The van der Waals surface area contributed by atoms with Gasteiger partial charge in [0, 0.05) is 37.3 Å². The van der Waals surface area contributed by atoms with Crippen LogP contribution < -0.4 is 10.2 Å². The Morgan fingerprint density at radius 3 is 3.05 bits per heavy atom. The maximum Gasteiger partial charge on any atom is 0.185 e. The molecule has 1 aromatic rings. The van der Waals surface area contributed by atoms with E-state index in [4.69, 9.17) is 4.74 Å². The first-order valence-corrected chi connectivity index (χ1v) is 8.52. The molecule has 0 saturated carbocycles. The van der Waals surface area contributed by atoms with E-state index in [1.165, 1.54) is 17.7 Å². The predicted octanol–water partition coefficient (Wildman–Crippen LogP) is 2.89. The molecular formula is C15H27N3OS. The van der Waals surface area contributed by atoms with Gasteiger partial charge in [0.25, 0.3) is 0 Å². The van der Waals surface area contributed by atoms with Gasteiger partial charge in [-0.25, -0.2) is 4.98 Å². The molecule has 1 aromatic heterocycles. The van der Waals surface area contributed by atoms with Crippen molar-refractivity contribution in [3.63, 3.8) is 0 Å². The number of hydrogen-bond acceptors (Lipinski definition) is 5. The molecule has 1 fully saturated rings. The van der Waals surface area contributed by atoms with Gasteiger partial charge in [0.05, 0.1) is 6.10 Å². The van der Waals surface area contributed by atoms with Crippen molar-refractivity contribution in [1.29, 1.82) is 0 Å². The van der Waals surface area contributed by atoms with Gasteiger partial charge >= 0.3 is 0 Å². The van der Waals surface area contributed by atoms with Crippen LogP contribution in [0.25, 0.3) is 0 Å². The van der Waals surface area contributed by atoms with Crippen LogP contribution in [-0.4, -0.2) is 37.3 Å². The molecule has 1 N–H and O–H groups in total. The summed E-state index contributed by atoms with van der Waals surface area (Å²) in [6.07, 6.45) is 4.78. The molecule has 0 radical (unpaired) electrons. The number of nitrogens with zero attached hydrogens (tertiary/aromatic N) is 2. The number of rotatable bonds is 8. The first-order chi connectivity index (χ1) is 9.69. The maximum absolute atomic E-state index is 5.73. The van der Waals surface area contributed by atoms with Crippen LogP contribution in [0, 0.1) is 5.92 Å². The molecule has 1 unspecified atom stereocenters. The molecule has 1 atom stereocenters. The Hall–Kier alpha value is -0.650. The fourth-order valence-electron chi connectivity index (χ4n) is 2.39. The molecule has 1 saturated heterocycles. The number of nitrogens with one attached hydrogen (secondary N) is 1. The zero-order valence-electron chi connectivity index (χ0n) is 12.9. The second-order valence-corrected chi connectivity index (χ2v) is 6.90. The Morgan fingerprint density at radius 1 is 1.55 bits per heavy atom. The van der Waals surface area contributed by atoms with Crippen LogP contribution >= 0.6 is 11.3 Å². The smallest absolute Gasteiger partial charge is 0.185 e. The minimum Gasteiger partial charge on any atom is -0.376 e. The van der Waals surface area contributed by atoms with E-state index in [2.05, 4.69) is 36.0 Å². The summed E-state index contributed by atoms with van der Waals surface area (Å²) in [6.45, 7) is 11.5. The van der Waals surface area contributed by atoms with Crippen LogP contribution in [0.3, 0.4) is 0 Å². The second-order valence-electron chi connectivity index (χ2n) is 5.81. The van der Waals surface area contributed by atoms with Crippen LogP contribution in [0.4, 0.5) is 5.13 Å². The summed E-state index contributed by atoms with van der Waals surface area (Å²) in [4.78, 5) is 8.23. The summed E-state index contributed by atoms with van der Waals surface area (Å²) in [5, 5.41) is 4.60. The van der Waals surface area contributed by atoms with Gasteiger partial charge in [0.15, 0.2) is 5.13 Å². The van der Waals surface area contributed by atoms with Crippen LogP contribution in [0.5, 0.6) is 0 Å². The van der Waals surface area contributed by atoms with E-state index in [1.54, 1.807) is 11.3 Å². The van der Waals surface area contributed by atoms with Crippen LogP contribution in [-0.2, 0) is 11.3 Å². The lowest BCUT2D eigenvalue weighted by Gasteiger charge is -2.23. The Labute approximate surface area is 126 Å². The molecule has 114 valence electrons. The van der Waals surface area contributed by atoms with Crippen LogP contribution in [0.2, 0.25) is 0 Å². The number of thiazole rings is 1. The van der Waals surface area contributed by atoms with Gasteiger partial charge in [-0.3, -0.25) is 0 Å². The van der Waals surface area contributed by atoms with Crippen molar-refractivity contribution in [2.24, 2.45) is 5.92 Å². The third kappa shape index (κ3) is 4.72. The first-order valence-electron chi connectivity index (χ1n) is 7.71. The summed E-state index contributed by atoms with van der Waals surface area (Å²) < 4.78 is 5.73. The van der Waals surface area contributed by atoms with Crippen molar-refractivity contribution in [3.8, 4) is 0 Å². The van der Waals surface area contributed by atoms with E-state index in [9.17, 15) is 0 Å². The van der Waals surface area contributed by atoms with E-state index >= 15 is 0 Å². The third-order valence-corrected chi connectivity index (χ3v) is 4.55. The van der Waals surface area contributed by atoms with E-state index in [0.29, 0.717) is 12.0 Å². The molecule has 0 bridgehead atoms. The van der Waals surface area contributed by atoms with Gasteiger partial charge in [-0.2, -0.15) is 0 Å². The highest BCUT2D eigenvalue weighted by Crippen LogP contribution is 2.24. The highest BCUT2D eigenvalue weighted by Gasteiger charge is 2.20. The van der Waals surface area contributed by atoms with E-state index < -0.39 is 0 Å². The predicted molar refractivity (Wildman–Crippen MR) is 85.5 cm³/mol. The minimum absolute atomic E-state index is 0.390. The van der Waals surface area contributed by atoms with E-state index in [1.807, 2.05) is 6.20 Å². The fraction of sp³-hybridized carbons (Fsp3) is 0.800. The van der Waals surface area contributed by atoms with Crippen molar-refractivity contribution in [2.45, 2.75) is 46.3 Å². The summed E-state index contributed by atoms with van der Waals surface area (Å²) >= 11 is 1.80. The van der Waals surface area contributed by atoms with Gasteiger partial charge < -0.3 is 15.0 Å². The Balaban J connectivity index is 1.84. The maximum atomic E-state index is 5.73. The number of hydrogen-bond donors (Lipinski definition) is 1. The molecule has 0 spiro atoms. The monoisotopic (exact) mass is 297 g/mol. The lowest BCUT2D eigenvalue weighted by atomic mass is 10.2. The molecular weight excluding hydrogens is 270 g/mol. The van der Waals surface area contributed by atoms with Crippen molar-refractivity contribution in [1.82, 2.24) is 10.3 Å². The fourth-order valence-corrected chi connectivity index (χ4v) is 3.34. The molecule has 20 heavy (non-hydrogen) atoms. The summed E-state index contributed by atoms with van der Waals surface area (Å²) in [7, 11) is 0. The zero-order chi connectivity index (χ0) is 14.4. The Bertz CT molecular complexity index is 388. The lowest BCUT2D eigenvalue weighted by molar-refractivity contribution is 0.115. The molecule has 2 heterocycles. The highest BCUT2D eigenvalue weighted by atomic mass is 32.1. The standard InChI is InChI=1S/C15H27N3OS/c1-4-18(11-13-6-5-7-19-13)15-17-10-14(20-15)9-16-8-12(2)3/h10,12-13,16H,4-9,11H2,1-3H3. The highest BCUT2D eigenvalue weighted by molar-refractivity contribution is 7.15. The summed E-state index contributed by atoms with van der Waals surface area (Å²) in [6, 6.07) is 0. The van der Waals surface area contributed by atoms with Crippen LogP contribution in [0.15, 0.2) is 6.20 Å². The van der Waals surface area contributed by atoms with Gasteiger partial charge in [-0.15, -0.1) is 11.3 Å². The summed E-state index contributed by atoms with van der Waals surface area (Å²) in [5.74, 6) is 0.689. The average Bonchev–Trinajstić information content (AvgIpc) is 3.06. The molecule has 1 aliphatic heterocycles. The second kappa shape index (κ2) is 7.96. The molecule has 0 aliphatic carbocycles. The number of anilines is 1.